The van der Waals surface area contributed by atoms with Crippen LogP contribution in [0.3, 0.4) is 0 Å². The Hall–Kier alpha value is -2.09. The first-order valence-electron chi connectivity index (χ1n) is 8.72. The zero-order valence-electron chi connectivity index (χ0n) is 14.6. The van der Waals surface area contributed by atoms with Gasteiger partial charge >= 0.3 is 0 Å². The Balaban J connectivity index is 1.66. The van der Waals surface area contributed by atoms with Crippen molar-refractivity contribution in [1.82, 2.24) is 14.8 Å². The predicted molar refractivity (Wildman–Crippen MR) is 105 cm³/mol. The number of pyridine rings is 1. The fraction of sp³-hybridized carbons (Fsp3) is 0.368. The Bertz CT molecular complexity index is 710. The highest BCUT2D eigenvalue weighted by atomic mass is 32.1. The van der Waals surface area contributed by atoms with Gasteiger partial charge < -0.3 is 15.0 Å². The van der Waals surface area contributed by atoms with E-state index >= 15 is 0 Å². The number of benzene rings is 1. The van der Waals surface area contributed by atoms with Gasteiger partial charge in [-0.25, -0.2) is 4.39 Å². The monoisotopic (exact) mass is 374 g/mol. The third kappa shape index (κ3) is 5.45. The van der Waals surface area contributed by atoms with Crippen LogP contribution in [0.1, 0.15) is 5.56 Å². The average Bonchev–Trinajstić information content (AvgIpc) is 2.68. The number of morpholine rings is 1. The van der Waals surface area contributed by atoms with E-state index in [1.807, 2.05) is 23.2 Å². The number of anilines is 1. The molecule has 5 nitrogen and oxygen atoms in total. The fourth-order valence-electron chi connectivity index (χ4n) is 2.81. The Morgan fingerprint density at radius 1 is 1.23 bits per heavy atom. The summed E-state index contributed by atoms with van der Waals surface area (Å²) in [6.45, 7) is 5.62. The number of rotatable bonds is 6. The molecule has 1 fully saturated rings. The molecular formula is C19H23FN4OS. The summed E-state index contributed by atoms with van der Waals surface area (Å²) in [5.41, 5.74) is 1.45. The molecular weight excluding hydrogens is 351 g/mol. The summed E-state index contributed by atoms with van der Waals surface area (Å²) in [5.74, 6) is -0.315. The van der Waals surface area contributed by atoms with Gasteiger partial charge in [-0.05, 0) is 36.0 Å². The van der Waals surface area contributed by atoms with Gasteiger partial charge in [0.2, 0.25) is 0 Å². The second kappa shape index (κ2) is 9.56. The Kier molecular flexibility index (Phi) is 6.88. The molecule has 0 saturated carbocycles. The first-order chi connectivity index (χ1) is 12.7. The first kappa shape index (κ1) is 18.7. The molecule has 0 unspecified atom stereocenters. The molecule has 26 heavy (non-hydrogen) atoms. The molecule has 0 amide bonds. The van der Waals surface area contributed by atoms with Crippen molar-refractivity contribution in [2.24, 2.45) is 0 Å². The van der Waals surface area contributed by atoms with E-state index in [0.29, 0.717) is 17.3 Å². The summed E-state index contributed by atoms with van der Waals surface area (Å²) in [5, 5.41) is 3.54. The highest BCUT2D eigenvalue weighted by Gasteiger charge is 2.16. The Morgan fingerprint density at radius 3 is 2.77 bits per heavy atom. The van der Waals surface area contributed by atoms with E-state index in [9.17, 15) is 4.39 Å². The van der Waals surface area contributed by atoms with Gasteiger partial charge in [-0.1, -0.05) is 18.2 Å². The van der Waals surface area contributed by atoms with Crippen LogP contribution < -0.4 is 5.32 Å². The van der Waals surface area contributed by atoms with Crippen molar-refractivity contribution < 1.29 is 9.13 Å². The second-order valence-corrected chi connectivity index (χ2v) is 6.53. The van der Waals surface area contributed by atoms with E-state index in [1.54, 1.807) is 24.4 Å². The van der Waals surface area contributed by atoms with Gasteiger partial charge in [0.25, 0.3) is 0 Å². The van der Waals surface area contributed by atoms with Crippen LogP contribution in [0.5, 0.6) is 0 Å². The Labute approximate surface area is 158 Å². The van der Waals surface area contributed by atoms with E-state index in [-0.39, 0.29) is 5.82 Å². The van der Waals surface area contributed by atoms with Crippen molar-refractivity contribution in [3.05, 3.63) is 60.2 Å². The molecule has 1 N–H and O–H groups in total. The van der Waals surface area contributed by atoms with Crippen LogP contribution in [-0.4, -0.2) is 59.3 Å². The molecule has 0 aliphatic carbocycles. The second-order valence-electron chi connectivity index (χ2n) is 6.15. The molecule has 1 saturated heterocycles. The number of aromatic nitrogens is 1. The van der Waals surface area contributed by atoms with Crippen LogP contribution in [0.2, 0.25) is 0 Å². The molecule has 0 bridgehead atoms. The third-order valence-electron chi connectivity index (χ3n) is 4.29. The van der Waals surface area contributed by atoms with Gasteiger partial charge in [-0.3, -0.25) is 9.88 Å². The SMILES string of the molecule is Fc1ccccc1NC(=S)N(CCN1CCOCC1)Cc1cccnc1. The van der Waals surface area contributed by atoms with Crippen molar-refractivity contribution in [3.8, 4) is 0 Å². The molecule has 0 radical (unpaired) electrons. The van der Waals surface area contributed by atoms with Crippen LogP contribution >= 0.6 is 12.2 Å². The fourth-order valence-corrected chi connectivity index (χ4v) is 3.07. The molecule has 0 atom stereocenters. The average molecular weight is 374 g/mol. The normalized spacial score (nSPS) is 14.8. The standard InChI is InChI=1S/C19H23FN4OS/c20-17-5-1-2-6-18(17)22-19(26)24(15-16-4-3-7-21-14-16)9-8-23-10-12-25-13-11-23/h1-7,14H,8-13,15H2,(H,22,26). The molecule has 138 valence electrons. The predicted octanol–water partition coefficient (Wildman–Crippen LogP) is 2.75. The number of hydrogen-bond acceptors (Lipinski definition) is 4. The lowest BCUT2D eigenvalue weighted by Gasteiger charge is -2.31. The van der Waals surface area contributed by atoms with E-state index in [0.717, 1.165) is 45.0 Å². The topological polar surface area (TPSA) is 40.6 Å². The third-order valence-corrected chi connectivity index (χ3v) is 4.65. The zero-order valence-corrected chi connectivity index (χ0v) is 15.4. The van der Waals surface area contributed by atoms with Crippen molar-refractivity contribution in [2.45, 2.75) is 6.54 Å². The number of thiocarbonyl (C=S) groups is 1. The van der Waals surface area contributed by atoms with Gasteiger partial charge in [-0.15, -0.1) is 0 Å². The van der Waals surface area contributed by atoms with Crippen molar-refractivity contribution in [1.29, 1.82) is 0 Å². The summed E-state index contributed by atoms with van der Waals surface area (Å²) in [6, 6.07) is 10.5. The van der Waals surface area contributed by atoms with Crippen molar-refractivity contribution >= 4 is 23.0 Å². The summed E-state index contributed by atoms with van der Waals surface area (Å²) in [4.78, 5) is 8.57. The Morgan fingerprint density at radius 2 is 2.04 bits per heavy atom. The minimum absolute atomic E-state index is 0.315. The quantitative estimate of drug-likeness (QED) is 0.784. The molecule has 1 aromatic carbocycles. The van der Waals surface area contributed by atoms with Crippen molar-refractivity contribution in [3.63, 3.8) is 0 Å². The number of ether oxygens (including phenoxy) is 1. The van der Waals surface area contributed by atoms with Crippen LogP contribution in [0.4, 0.5) is 10.1 Å². The van der Waals surface area contributed by atoms with Crippen LogP contribution in [0.15, 0.2) is 48.8 Å². The summed E-state index contributed by atoms with van der Waals surface area (Å²) < 4.78 is 19.3. The highest BCUT2D eigenvalue weighted by molar-refractivity contribution is 7.80. The summed E-state index contributed by atoms with van der Waals surface area (Å²) in [7, 11) is 0. The van der Waals surface area contributed by atoms with E-state index in [2.05, 4.69) is 15.2 Å². The maximum Gasteiger partial charge on any atom is 0.173 e. The highest BCUT2D eigenvalue weighted by Crippen LogP contribution is 2.14. The number of nitrogens with zero attached hydrogens (tertiary/aromatic N) is 3. The van der Waals surface area contributed by atoms with Crippen LogP contribution in [-0.2, 0) is 11.3 Å². The summed E-state index contributed by atoms with van der Waals surface area (Å²) in [6.07, 6.45) is 3.57. The van der Waals surface area contributed by atoms with Crippen molar-refractivity contribution in [2.75, 3.05) is 44.7 Å². The van der Waals surface area contributed by atoms with Gasteiger partial charge in [0.05, 0.1) is 18.9 Å². The van der Waals surface area contributed by atoms with E-state index < -0.39 is 0 Å². The summed E-state index contributed by atoms with van der Waals surface area (Å²) >= 11 is 5.57. The molecule has 7 heteroatoms. The minimum Gasteiger partial charge on any atom is -0.379 e. The molecule has 1 aromatic heterocycles. The molecule has 2 heterocycles. The maximum absolute atomic E-state index is 13.9. The molecule has 0 spiro atoms. The van der Waals surface area contributed by atoms with Gasteiger partial charge in [0, 0.05) is 45.1 Å². The first-order valence-corrected chi connectivity index (χ1v) is 9.12. The largest absolute Gasteiger partial charge is 0.379 e. The van der Waals surface area contributed by atoms with E-state index in [1.165, 1.54) is 6.07 Å². The lowest BCUT2D eigenvalue weighted by Crippen LogP contribution is -2.44. The van der Waals surface area contributed by atoms with Gasteiger partial charge in [0.15, 0.2) is 5.11 Å². The number of halogens is 1. The van der Waals surface area contributed by atoms with Crippen LogP contribution in [0, 0.1) is 5.82 Å². The lowest BCUT2D eigenvalue weighted by atomic mass is 10.2. The van der Waals surface area contributed by atoms with Gasteiger partial charge in [0.1, 0.15) is 5.82 Å². The van der Waals surface area contributed by atoms with E-state index in [4.69, 9.17) is 17.0 Å². The van der Waals surface area contributed by atoms with Gasteiger partial charge in [-0.2, -0.15) is 0 Å². The number of para-hydroxylation sites is 1. The maximum atomic E-state index is 13.9. The molecule has 1 aliphatic rings. The molecule has 3 rings (SSSR count). The molecule has 1 aliphatic heterocycles. The minimum atomic E-state index is -0.315. The van der Waals surface area contributed by atoms with Crippen LogP contribution in [0.25, 0.3) is 0 Å². The number of hydrogen-bond donors (Lipinski definition) is 1. The zero-order chi connectivity index (χ0) is 18.2. The number of nitrogens with one attached hydrogen (secondary N) is 1. The lowest BCUT2D eigenvalue weighted by molar-refractivity contribution is 0.0358. The molecule has 2 aromatic rings. The smallest absolute Gasteiger partial charge is 0.173 e.